The maximum Gasteiger partial charge on any atom is 0.240 e. The molecule has 2 bridgehead atoms. The van der Waals surface area contributed by atoms with Crippen molar-refractivity contribution < 1.29 is 19.1 Å². The summed E-state index contributed by atoms with van der Waals surface area (Å²) in [6.45, 7) is 6.38. The molecule has 6 nitrogen and oxygen atoms in total. The van der Waals surface area contributed by atoms with Crippen LogP contribution in [-0.4, -0.2) is 29.6 Å². The lowest BCUT2D eigenvalue weighted by Gasteiger charge is -2.31. The van der Waals surface area contributed by atoms with Gasteiger partial charge in [0.15, 0.2) is 0 Å². The molecule has 2 amide bonds. The molecule has 6 rings (SSSR count). The minimum atomic E-state index is -0.748. The zero-order valence-electron chi connectivity index (χ0n) is 20.7. The highest BCUT2D eigenvalue weighted by Gasteiger charge is 2.74. The molecule has 3 aliphatic rings. The SMILES string of the molecule is Cc1ccc(C)c(OCCC23CCC(C)(O2)C2C(=O)N(c4ccc5ccccc5c4C#N)C(=O)C23)c1. The van der Waals surface area contributed by atoms with Gasteiger partial charge in [0.2, 0.25) is 11.8 Å². The highest BCUT2D eigenvalue weighted by Crippen LogP contribution is 2.62. The van der Waals surface area contributed by atoms with Crippen molar-refractivity contribution in [1.29, 1.82) is 5.26 Å². The monoisotopic (exact) mass is 480 g/mol. The Balaban J connectivity index is 1.33. The van der Waals surface area contributed by atoms with Gasteiger partial charge in [-0.2, -0.15) is 5.26 Å². The number of nitrogens with zero attached hydrogens (tertiary/aromatic N) is 2. The van der Waals surface area contributed by atoms with Crippen LogP contribution in [0.2, 0.25) is 0 Å². The van der Waals surface area contributed by atoms with Crippen molar-refractivity contribution in [3.05, 3.63) is 71.3 Å². The maximum absolute atomic E-state index is 13.9. The summed E-state index contributed by atoms with van der Waals surface area (Å²) >= 11 is 0. The van der Waals surface area contributed by atoms with E-state index in [9.17, 15) is 14.9 Å². The number of aryl methyl sites for hydroxylation is 2. The van der Waals surface area contributed by atoms with Crippen LogP contribution in [0.1, 0.15) is 42.9 Å². The van der Waals surface area contributed by atoms with Crippen LogP contribution in [-0.2, 0) is 14.3 Å². The quantitative estimate of drug-likeness (QED) is 0.468. The fraction of sp³-hybridized carbons (Fsp3) is 0.367. The fourth-order valence-corrected chi connectivity index (χ4v) is 6.61. The van der Waals surface area contributed by atoms with E-state index in [4.69, 9.17) is 9.47 Å². The summed E-state index contributed by atoms with van der Waals surface area (Å²) < 4.78 is 12.7. The standard InChI is InChI=1S/C30H28N2O4/c1-18-8-9-19(2)24(16-18)35-15-14-30-13-12-29(3,36-30)25-26(30)28(34)32(27(25)33)23-11-10-20-6-4-5-7-21(20)22(23)17-31/h4-11,16,25-26H,12-15H2,1-3H3. The molecule has 0 N–H and O–H groups in total. The fourth-order valence-electron chi connectivity index (χ4n) is 6.61. The Labute approximate surface area is 210 Å². The zero-order chi connectivity index (χ0) is 25.2. The summed E-state index contributed by atoms with van der Waals surface area (Å²) in [4.78, 5) is 29.0. The third-order valence-electron chi connectivity index (χ3n) is 8.40. The van der Waals surface area contributed by atoms with Crippen LogP contribution in [0.3, 0.4) is 0 Å². The topological polar surface area (TPSA) is 79.6 Å². The van der Waals surface area contributed by atoms with Crippen LogP contribution in [0.15, 0.2) is 54.6 Å². The summed E-state index contributed by atoms with van der Waals surface area (Å²) in [5, 5.41) is 11.6. The number of imide groups is 1. The van der Waals surface area contributed by atoms with Gasteiger partial charge in [-0.25, -0.2) is 4.90 Å². The first-order valence-electron chi connectivity index (χ1n) is 12.5. The van der Waals surface area contributed by atoms with E-state index in [1.54, 1.807) is 6.07 Å². The average Bonchev–Trinajstić information content (AvgIpc) is 3.45. The molecule has 36 heavy (non-hydrogen) atoms. The van der Waals surface area contributed by atoms with Crippen LogP contribution in [0.25, 0.3) is 10.8 Å². The summed E-state index contributed by atoms with van der Waals surface area (Å²) in [6, 6.07) is 19.5. The Morgan fingerprint density at radius 3 is 2.64 bits per heavy atom. The molecular formula is C30H28N2O4. The van der Waals surface area contributed by atoms with Crippen LogP contribution in [0.4, 0.5) is 5.69 Å². The van der Waals surface area contributed by atoms with Crippen LogP contribution < -0.4 is 9.64 Å². The second kappa shape index (κ2) is 7.91. The molecule has 3 saturated heterocycles. The molecule has 3 aliphatic heterocycles. The van der Waals surface area contributed by atoms with Crippen molar-refractivity contribution in [3.63, 3.8) is 0 Å². The lowest BCUT2D eigenvalue weighted by molar-refractivity contribution is -0.131. The number of ether oxygens (including phenoxy) is 2. The molecule has 0 radical (unpaired) electrons. The number of hydrogen-bond donors (Lipinski definition) is 0. The van der Waals surface area contributed by atoms with Crippen molar-refractivity contribution in [1.82, 2.24) is 0 Å². The Morgan fingerprint density at radius 2 is 1.83 bits per heavy atom. The van der Waals surface area contributed by atoms with E-state index in [0.29, 0.717) is 37.1 Å². The number of carbonyl (C=O) groups excluding carboxylic acids is 2. The van der Waals surface area contributed by atoms with Crippen molar-refractivity contribution >= 4 is 28.3 Å². The first-order chi connectivity index (χ1) is 17.3. The molecule has 0 aromatic heterocycles. The van der Waals surface area contributed by atoms with E-state index in [0.717, 1.165) is 27.6 Å². The van der Waals surface area contributed by atoms with E-state index in [2.05, 4.69) is 6.07 Å². The highest BCUT2D eigenvalue weighted by atomic mass is 16.5. The van der Waals surface area contributed by atoms with Gasteiger partial charge >= 0.3 is 0 Å². The second-order valence-corrected chi connectivity index (χ2v) is 10.6. The van der Waals surface area contributed by atoms with E-state index >= 15 is 0 Å². The summed E-state index contributed by atoms with van der Waals surface area (Å²) in [5.41, 5.74) is 1.44. The van der Waals surface area contributed by atoms with E-state index in [-0.39, 0.29) is 11.8 Å². The Bertz CT molecular complexity index is 1470. The zero-order valence-corrected chi connectivity index (χ0v) is 20.7. The van der Waals surface area contributed by atoms with Crippen LogP contribution in [0.5, 0.6) is 5.75 Å². The summed E-state index contributed by atoms with van der Waals surface area (Å²) in [6.07, 6.45) is 1.94. The minimum Gasteiger partial charge on any atom is -0.493 e. The number of benzene rings is 3. The third-order valence-corrected chi connectivity index (χ3v) is 8.40. The van der Waals surface area contributed by atoms with Gasteiger partial charge in [-0.1, -0.05) is 42.5 Å². The molecule has 0 aliphatic carbocycles. The molecule has 182 valence electrons. The number of rotatable bonds is 5. The van der Waals surface area contributed by atoms with Crippen molar-refractivity contribution in [2.75, 3.05) is 11.5 Å². The molecule has 4 unspecified atom stereocenters. The largest absolute Gasteiger partial charge is 0.493 e. The molecule has 3 heterocycles. The van der Waals surface area contributed by atoms with Crippen molar-refractivity contribution in [3.8, 4) is 11.8 Å². The smallest absolute Gasteiger partial charge is 0.240 e. The van der Waals surface area contributed by atoms with E-state index < -0.39 is 23.0 Å². The molecule has 4 atom stereocenters. The molecule has 3 aromatic rings. The van der Waals surface area contributed by atoms with E-state index in [1.807, 2.05) is 69.3 Å². The number of nitriles is 1. The first kappa shape index (κ1) is 22.8. The van der Waals surface area contributed by atoms with Crippen molar-refractivity contribution in [2.45, 2.75) is 51.2 Å². The number of amides is 2. The molecule has 0 spiro atoms. The molecule has 3 fully saturated rings. The third kappa shape index (κ3) is 3.12. The van der Waals surface area contributed by atoms with E-state index in [1.165, 1.54) is 4.90 Å². The average molecular weight is 481 g/mol. The molecule has 6 heteroatoms. The Kier molecular flexibility index (Phi) is 5.00. The predicted octanol–water partition coefficient (Wildman–Crippen LogP) is 5.22. The first-order valence-corrected chi connectivity index (χ1v) is 12.5. The number of carbonyl (C=O) groups is 2. The van der Waals surface area contributed by atoms with Gasteiger partial charge < -0.3 is 9.47 Å². The predicted molar refractivity (Wildman–Crippen MR) is 136 cm³/mol. The van der Waals surface area contributed by atoms with Crippen LogP contribution in [0, 0.1) is 37.0 Å². The number of fused-ring (bicyclic) bond motifs is 6. The molecular weight excluding hydrogens is 452 g/mol. The minimum absolute atomic E-state index is 0.267. The normalized spacial score (nSPS) is 28.6. The van der Waals surface area contributed by atoms with Gasteiger partial charge in [-0.15, -0.1) is 0 Å². The molecule has 3 aromatic carbocycles. The number of hydrogen-bond acceptors (Lipinski definition) is 5. The number of anilines is 1. The molecule has 0 saturated carbocycles. The van der Waals surface area contributed by atoms with Crippen molar-refractivity contribution in [2.24, 2.45) is 11.8 Å². The van der Waals surface area contributed by atoms with Gasteiger partial charge in [0.1, 0.15) is 11.8 Å². The summed E-state index contributed by atoms with van der Waals surface area (Å²) in [7, 11) is 0. The Morgan fingerprint density at radius 1 is 1.06 bits per heavy atom. The van der Waals surface area contributed by atoms with Gasteiger partial charge in [0.25, 0.3) is 0 Å². The lowest BCUT2D eigenvalue weighted by Crippen LogP contribution is -2.43. The second-order valence-electron chi connectivity index (χ2n) is 10.6. The highest BCUT2D eigenvalue weighted by molar-refractivity contribution is 6.24. The van der Waals surface area contributed by atoms with Gasteiger partial charge in [-0.05, 0) is 62.3 Å². The summed E-state index contributed by atoms with van der Waals surface area (Å²) in [5.74, 6) is -0.850. The Hall–Kier alpha value is -3.69. The van der Waals surface area contributed by atoms with Crippen LogP contribution >= 0.6 is 0 Å². The maximum atomic E-state index is 13.9. The van der Waals surface area contributed by atoms with Gasteiger partial charge in [0.05, 0.1) is 40.9 Å². The lowest BCUT2D eigenvalue weighted by atomic mass is 9.67. The van der Waals surface area contributed by atoms with Gasteiger partial charge in [0, 0.05) is 11.8 Å². The van der Waals surface area contributed by atoms with Gasteiger partial charge in [-0.3, -0.25) is 9.59 Å².